The van der Waals surface area contributed by atoms with Crippen LogP contribution in [0.1, 0.15) is 135 Å². The Bertz CT molecular complexity index is 556. The van der Waals surface area contributed by atoms with Gasteiger partial charge >= 0.3 is 19.8 Å². The van der Waals surface area contributed by atoms with E-state index >= 15 is 0 Å². The molecule has 0 N–H and O–H groups in total. The molecule has 239 valence electrons. The molecule has 1 saturated heterocycles. The topological polar surface area (TPSA) is 6.48 Å². The monoisotopic (exact) mass is 766 g/mol. The van der Waals surface area contributed by atoms with E-state index in [0.29, 0.717) is 0 Å². The fraction of sp³-hybridized carbons (Fsp3) is 0.941. The molecule has 1 aliphatic heterocycles. The first-order chi connectivity index (χ1) is 17.6. The molecule has 0 aromatic heterocycles. The van der Waals surface area contributed by atoms with Gasteiger partial charge in [0.1, 0.15) is 0 Å². The van der Waals surface area contributed by atoms with Crippen molar-refractivity contribution in [2.75, 3.05) is 7.05 Å². The molecular formula is C34H75N2OsP2. The van der Waals surface area contributed by atoms with Crippen molar-refractivity contribution in [2.45, 2.75) is 188 Å². The van der Waals surface area contributed by atoms with Crippen molar-refractivity contribution in [1.82, 2.24) is 9.80 Å². The zero-order valence-electron chi connectivity index (χ0n) is 29.1. The average Bonchev–Trinajstić information content (AvgIpc) is 3.09. The fourth-order valence-electron chi connectivity index (χ4n) is 8.21. The summed E-state index contributed by atoms with van der Waals surface area (Å²) in [5.74, 6) is 1.77. The van der Waals surface area contributed by atoms with Gasteiger partial charge in [0.25, 0.3) is 0 Å². The SMILES string of the molecule is CC(C)[PH+](C(C)C)C(C)C.CC(C)[PH+](C(C)C)C(C)C.CC1CC2C(C[C@H]1C)N(C)[CH-]N2C1[CH-]CCCC1.[OsH3]. The van der Waals surface area contributed by atoms with Gasteiger partial charge in [-0.05, 0) is 127 Å². The zero-order valence-corrected chi connectivity index (χ0v) is 34.3. The second-order valence-corrected chi connectivity index (χ2v) is 23.7. The van der Waals surface area contributed by atoms with E-state index in [1.54, 1.807) is 0 Å². The van der Waals surface area contributed by atoms with Crippen LogP contribution in [-0.2, 0) is 19.8 Å². The summed E-state index contributed by atoms with van der Waals surface area (Å²) in [6.45, 7) is 35.7. The maximum atomic E-state index is 2.70. The van der Waals surface area contributed by atoms with E-state index in [1.165, 1.54) is 38.5 Å². The van der Waals surface area contributed by atoms with Crippen LogP contribution in [0.4, 0.5) is 0 Å². The Balaban J connectivity index is 0.000000598. The summed E-state index contributed by atoms with van der Waals surface area (Å²) in [7, 11) is 2.09. The molecule has 0 bridgehead atoms. The normalized spacial score (nSPS) is 28.2. The molecular weight excluding hydrogens is 689 g/mol. The first-order valence-electron chi connectivity index (χ1n) is 16.5. The molecule has 2 nitrogen and oxygen atoms in total. The first-order valence-corrected chi connectivity index (χ1v) is 20.0. The van der Waals surface area contributed by atoms with Crippen molar-refractivity contribution in [1.29, 1.82) is 0 Å². The van der Waals surface area contributed by atoms with Gasteiger partial charge in [0, 0.05) is 15.8 Å². The molecule has 4 unspecified atom stereocenters. The van der Waals surface area contributed by atoms with Crippen LogP contribution in [0.3, 0.4) is 0 Å². The van der Waals surface area contributed by atoms with E-state index in [2.05, 4.69) is 127 Å². The quantitative estimate of drug-likeness (QED) is 0.189. The molecule has 0 aromatic carbocycles. The predicted molar refractivity (Wildman–Crippen MR) is 187 cm³/mol. The van der Waals surface area contributed by atoms with E-state index in [1.807, 2.05) is 0 Å². The molecule has 0 amide bonds. The molecule has 3 rings (SSSR count). The number of nitrogens with zero attached hydrogens (tertiary/aromatic N) is 2. The van der Waals surface area contributed by atoms with E-state index in [9.17, 15) is 0 Å². The third-order valence-corrected chi connectivity index (χ3v) is 17.6. The zero-order chi connectivity index (χ0) is 29.3. The van der Waals surface area contributed by atoms with Crippen LogP contribution in [0.15, 0.2) is 0 Å². The number of rotatable bonds is 7. The summed E-state index contributed by atoms with van der Waals surface area (Å²) in [4.78, 5) is 5.20. The number of fused-ring (bicyclic) bond motifs is 1. The summed E-state index contributed by atoms with van der Waals surface area (Å²) in [6.07, 6.45) is 10.8. The molecule has 39 heavy (non-hydrogen) atoms. The third-order valence-electron chi connectivity index (χ3n) is 9.64. The van der Waals surface area contributed by atoms with E-state index in [0.717, 1.165) is 63.9 Å². The van der Waals surface area contributed by atoms with Crippen LogP contribution in [-0.4, -0.2) is 68.9 Å². The van der Waals surface area contributed by atoms with Crippen molar-refractivity contribution >= 4 is 15.8 Å². The van der Waals surface area contributed by atoms with Crippen molar-refractivity contribution in [3.8, 4) is 0 Å². The van der Waals surface area contributed by atoms with Gasteiger partial charge in [0.15, 0.2) is 0 Å². The number of likely N-dealkylation sites (N-methyl/N-ethyl adjacent to an activating group) is 1. The number of hydrogen-bond donors (Lipinski definition) is 0. The van der Waals surface area contributed by atoms with Gasteiger partial charge in [0.2, 0.25) is 0 Å². The molecule has 0 aromatic rings. The summed E-state index contributed by atoms with van der Waals surface area (Å²) in [5, 5.41) is 0. The van der Waals surface area contributed by atoms with Crippen molar-refractivity contribution in [2.24, 2.45) is 11.8 Å². The van der Waals surface area contributed by atoms with Crippen LogP contribution in [0.5, 0.6) is 0 Å². The van der Waals surface area contributed by atoms with Crippen molar-refractivity contribution in [3.63, 3.8) is 0 Å². The summed E-state index contributed by atoms with van der Waals surface area (Å²) < 4.78 is 0. The van der Waals surface area contributed by atoms with Crippen LogP contribution in [0, 0.1) is 24.9 Å². The Morgan fingerprint density at radius 2 is 1.00 bits per heavy atom. The third kappa shape index (κ3) is 12.9. The Morgan fingerprint density at radius 3 is 1.31 bits per heavy atom. The molecule has 0 radical (unpaired) electrons. The summed E-state index contributed by atoms with van der Waals surface area (Å²) >= 11 is 0. The second-order valence-electron chi connectivity index (χ2n) is 14.8. The Kier molecular flexibility index (Phi) is 20.4. The molecule has 0 spiro atoms. The molecule has 1 heterocycles. The van der Waals surface area contributed by atoms with Crippen molar-refractivity contribution < 1.29 is 19.8 Å². The molecule has 3 fully saturated rings. The van der Waals surface area contributed by atoms with Gasteiger partial charge in [-0.2, -0.15) is 6.42 Å². The molecule has 5 atom stereocenters. The van der Waals surface area contributed by atoms with Crippen LogP contribution < -0.4 is 0 Å². The molecule has 2 aliphatic carbocycles. The molecule has 2 saturated carbocycles. The van der Waals surface area contributed by atoms with Gasteiger partial charge in [-0.25, -0.2) is 6.67 Å². The summed E-state index contributed by atoms with van der Waals surface area (Å²) in [5.41, 5.74) is 5.61. The van der Waals surface area contributed by atoms with E-state index in [-0.39, 0.29) is 35.6 Å². The number of hydrogen-bond acceptors (Lipinski definition) is 2. The average molecular weight is 764 g/mol. The van der Waals surface area contributed by atoms with E-state index < -0.39 is 0 Å². The Labute approximate surface area is 263 Å². The van der Waals surface area contributed by atoms with Gasteiger partial charge in [-0.15, -0.1) is 6.04 Å². The Hall–Kier alpha value is 1.42. The van der Waals surface area contributed by atoms with Crippen LogP contribution in [0.25, 0.3) is 0 Å². The van der Waals surface area contributed by atoms with Gasteiger partial charge in [-0.1, -0.05) is 33.1 Å². The van der Waals surface area contributed by atoms with Gasteiger partial charge < -0.3 is 16.2 Å². The minimum absolute atomic E-state index is 0. The maximum absolute atomic E-state index is 2.70. The predicted octanol–water partition coefficient (Wildman–Crippen LogP) is 9.35. The van der Waals surface area contributed by atoms with Gasteiger partial charge in [-0.3, -0.25) is 0 Å². The minimum atomic E-state index is -0.0957. The fourth-order valence-corrected chi connectivity index (χ4v) is 16.2. The molecule has 3 aliphatic rings. The van der Waals surface area contributed by atoms with Crippen LogP contribution >= 0.6 is 15.8 Å². The van der Waals surface area contributed by atoms with Crippen molar-refractivity contribution in [3.05, 3.63) is 13.1 Å². The Morgan fingerprint density at radius 1 is 0.615 bits per heavy atom. The summed E-state index contributed by atoms with van der Waals surface area (Å²) in [6, 6.07) is 2.27. The first kappa shape index (κ1) is 40.4. The second kappa shape index (κ2) is 19.6. The molecule has 5 heteroatoms. The van der Waals surface area contributed by atoms with Gasteiger partial charge in [0.05, 0.1) is 34.0 Å². The standard InChI is InChI=1S/C16H28N2.2C9H21P.Os.3H/c1-12-9-15-16(10-13(12)2)18(11-17(15)3)14-7-5-4-6-8-14;2*1-7(2)10(8(3)4)9(5)6;;;;/h7,11-16H,4-6,8-10H2,1-3H3;2*7-9H,1-6H3;;;;/q-2;;;;;;/p+2/t12-,13?,14?,15?,16?;;;;;;/m1....../s1. The van der Waals surface area contributed by atoms with Crippen LogP contribution in [0.2, 0.25) is 0 Å². The van der Waals surface area contributed by atoms with E-state index in [4.69, 9.17) is 0 Å².